The molecule has 1 atom stereocenters. The van der Waals surface area contributed by atoms with Crippen LogP contribution in [-0.2, 0) is 0 Å². The molecule has 3 rings (SSSR count). The first-order valence-corrected chi connectivity index (χ1v) is 9.21. The molecule has 8 heteroatoms. The normalized spacial score (nSPS) is 23.0. The molecule has 6 nitrogen and oxygen atoms in total. The quantitative estimate of drug-likeness (QED) is 0.861. The van der Waals surface area contributed by atoms with Crippen molar-refractivity contribution in [3.05, 3.63) is 0 Å². The Labute approximate surface area is 127 Å². The van der Waals surface area contributed by atoms with Crippen LogP contribution in [0.15, 0.2) is 0 Å². The van der Waals surface area contributed by atoms with Crippen molar-refractivity contribution >= 4 is 41.4 Å². The number of rotatable bonds is 4. The van der Waals surface area contributed by atoms with E-state index in [0.717, 1.165) is 19.6 Å². The molecule has 110 valence electrons. The average molecular weight is 312 g/mol. The van der Waals surface area contributed by atoms with Crippen LogP contribution in [0.3, 0.4) is 0 Å². The maximum atomic E-state index is 5.80. The van der Waals surface area contributed by atoms with E-state index in [0.29, 0.717) is 23.1 Å². The predicted octanol–water partition coefficient (Wildman–Crippen LogP) is 1.31. The molecule has 0 radical (unpaired) electrons. The number of nitrogen functional groups attached to an aromatic ring is 1. The maximum absolute atomic E-state index is 5.80. The summed E-state index contributed by atoms with van der Waals surface area (Å²) in [5.74, 6) is 5.31. The van der Waals surface area contributed by atoms with E-state index >= 15 is 0 Å². The highest BCUT2D eigenvalue weighted by Crippen LogP contribution is 2.24. The van der Waals surface area contributed by atoms with E-state index < -0.39 is 0 Å². The lowest BCUT2D eigenvalue weighted by Gasteiger charge is -2.21. The molecule has 3 N–H and O–H groups in total. The lowest BCUT2D eigenvalue weighted by atomic mass is 10.4. The lowest BCUT2D eigenvalue weighted by molar-refractivity contribution is 0.877. The van der Waals surface area contributed by atoms with Gasteiger partial charge in [-0.3, -0.25) is 0 Å². The summed E-state index contributed by atoms with van der Waals surface area (Å²) in [4.78, 5) is 15.1. The van der Waals surface area contributed by atoms with Gasteiger partial charge in [-0.05, 0) is 12.8 Å². The van der Waals surface area contributed by atoms with E-state index in [-0.39, 0.29) is 0 Å². The standard InChI is InChI=1S/C12H20N6S2/c13-10-15-11(14-7-9-8-19-5-6-20-9)17-12(16-10)18-3-1-2-4-18/h9H,1-8H2,(H3,13,14,15,16,17). The zero-order valence-corrected chi connectivity index (χ0v) is 13.0. The minimum atomic E-state index is 0.301. The van der Waals surface area contributed by atoms with Gasteiger partial charge < -0.3 is 16.0 Å². The fourth-order valence-electron chi connectivity index (χ4n) is 2.38. The van der Waals surface area contributed by atoms with Gasteiger partial charge in [-0.1, -0.05) is 0 Å². The molecule has 2 aliphatic rings. The summed E-state index contributed by atoms with van der Waals surface area (Å²) in [5.41, 5.74) is 5.80. The SMILES string of the molecule is Nc1nc(NCC2CSCCS2)nc(N2CCCC2)n1. The number of hydrogen-bond donors (Lipinski definition) is 2. The second-order valence-electron chi connectivity index (χ2n) is 4.96. The third-order valence-corrected chi connectivity index (χ3v) is 6.25. The van der Waals surface area contributed by atoms with E-state index in [9.17, 15) is 0 Å². The Morgan fingerprint density at radius 1 is 1.20 bits per heavy atom. The van der Waals surface area contributed by atoms with Gasteiger partial charge >= 0.3 is 0 Å². The van der Waals surface area contributed by atoms with E-state index in [1.54, 1.807) is 0 Å². The van der Waals surface area contributed by atoms with Gasteiger partial charge in [0.2, 0.25) is 17.8 Å². The van der Waals surface area contributed by atoms with Crippen molar-refractivity contribution in [3.8, 4) is 0 Å². The van der Waals surface area contributed by atoms with Gasteiger partial charge in [0.05, 0.1) is 0 Å². The molecule has 0 aliphatic carbocycles. The van der Waals surface area contributed by atoms with Crippen molar-refractivity contribution < 1.29 is 0 Å². The lowest BCUT2D eigenvalue weighted by Crippen LogP contribution is -2.25. The van der Waals surface area contributed by atoms with Crippen LogP contribution in [0, 0.1) is 0 Å². The molecule has 0 amide bonds. The molecule has 0 bridgehead atoms. The minimum absolute atomic E-state index is 0.301. The smallest absolute Gasteiger partial charge is 0.231 e. The van der Waals surface area contributed by atoms with Gasteiger partial charge in [0.1, 0.15) is 0 Å². The molecular weight excluding hydrogens is 292 g/mol. The van der Waals surface area contributed by atoms with Crippen molar-refractivity contribution in [2.45, 2.75) is 18.1 Å². The first kappa shape index (κ1) is 14.1. The van der Waals surface area contributed by atoms with E-state index in [2.05, 4.69) is 25.2 Å². The zero-order valence-electron chi connectivity index (χ0n) is 11.4. The molecule has 3 heterocycles. The Morgan fingerprint density at radius 3 is 2.80 bits per heavy atom. The molecule has 1 aromatic heterocycles. The van der Waals surface area contributed by atoms with Crippen LogP contribution >= 0.6 is 23.5 Å². The summed E-state index contributed by atoms with van der Waals surface area (Å²) in [6.45, 7) is 2.91. The number of nitrogens with two attached hydrogens (primary N) is 1. The molecule has 1 aromatic rings. The fraction of sp³-hybridized carbons (Fsp3) is 0.750. The second-order valence-corrected chi connectivity index (χ2v) is 7.52. The third kappa shape index (κ3) is 3.60. The van der Waals surface area contributed by atoms with E-state index in [4.69, 9.17) is 5.73 Å². The second kappa shape index (κ2) is 6.71. The highest BCUT2D eigenvalue weighted by atomic mass is 32.2. The fourth-order valence-corrected chi connectivity index (χ4v) is 4.99. The molecule has 0 spiro atoms. The van der Waals surface area contributed by atoms with E-state index in [1.165, 1.54) is 30.1 Å². The summed E-state index contributed by atoms with van der Waals surface area (Å²) < 4.78 is 0. The predicted molar refractivity (Wildman–Crippen MR) is 87.7 cm³/mol. The van der Waals surface area contributed by atoms with Crippen molar-refractivity contribution in [1.29, 1.82) is 0 Å². The summed E-state index contributed by atoms with van der Waals surface area (Å²) in [6, 6.07) is 0. The summed E-state index contributed by atoms with van der Waals surface area (Å²) in [5, 5.41) is 3.94. The van der Waals surface area contributed by atoms with Crippen LogP contribution in [0.4, 0.5) is 17.8 Å². The largest absolute Gasteiger partial charge is 0.368 e. The monoisotopic (exact) mass is 312 g/mol. The Hall–Kier alpha value is -0.890. The average Bonchev–Trinajstić information content (AvgIpc) is 3.00. The Morgan fingerprint density at radius 2 is 2.05 bits per heavy atom. The first-order valence-electron chi connectivity index (χ1n) is 7.01. The minimum Gasteiger partial charge on any atom is -0.368 e. The Balaban J connectivity index is 1.63. The van der Waals surface area contributed by atoms with Gasteiger partial charge in [0, 0.05) is 42.1 Å². The van der Waals surface area contributed by atoms with Crippen LogP contribution in [0.1, 0.15) is 12.8 Å². The van der Waals surface area contributed by atoms with Gasteiger partial charge in [0.25, 0.3) is 0 Å². The summed E-state index contributed by atoms with van der Waals surface area (Å²) in [7, 11) is 0. The number of anilines is 3. The number of aromatic nitrogens is 3. The highest BCUT2D eigenvalue weighted by Gasteiger charge is 2.18. The van der Waals surface area contributed by atoms with Gasteiger partial charge in [-0.15, -0.1) is 0 Å². The van der Waals surface area contributed by atoms with Crippen LogP contribution in [-0.4, -0.2) is 57.1 Å². The maximum Gasteiger partial charge on any atom is 0.231 e. The zero-order chi connectivity index (χ0) is 13.8. The Kier molecular flexibility index (Phi) is 4.72. The molecule has 1 unspecified atom stereocenters. The molecule has 2 aliphatic heterocycles. The summed E-state index contributed by atoms with van der Waals surface area (Å²) in [6.07, 6.45) is 2.40. The third-order valence-electron chi connectivity index (χ3n) is 3.40. The number of hydrogen-bond acceptors (Lipinski definition) is 8. The number of nitrogens with zero attached hydrogens (tertiary/aromatic N) is 4. The van der Waals surface area contributed by atoms with Crippen LogP contribution in [0.2, 0.25) is 0 Å². The van der Waals surface area contributed by atoms with Crippen LogP contribution in [0.5, 0.6) is 0 Å². The Bertz CT molecular complexity index is 446. The number of nitrogens with one attached hydrogen (secondary N) is 1. The molecule has 2 saturated heterocycles. The van der Waals surface area contributed by atoms with Gasteiger partial charge in [-0.25, -0.2) is 0 Å². The van der Waals surface area contributed by atoms with Crippen LogP contribution in [0.25, 0.3) is 0 Å². The molecular formula is C12H20N6S2. The molecule has 2 fully saturated rings. The number of thioether (sulfide) groups is 2. The van der Waals surface area contributed by atoms with Crippen molar-refractivity contribution in [2.75, 3.05) is 52.8 Å². The van der Waals surface area contributed by atoms with Crippen molar-refractivity contribution in [2.24, 2.45) is 0 Å². The van der Waals surface area contributed by atoms with E-state index in [1.807, 2.05) is 23.5 Å². The van der Waals surface area contributed by atoms with Crippen molar-refractivity contribution in [3.63, 3.8) is 0 Å². The topological polar surface area (TPSA) is 80.0 Å². The van der Waals surface area contributed by atoms with Crippen molar-refractivity contribution in [1.82, 2.24) is 15.0 Å². The molecule has 0 saturated carbocycles. The first-order chi connectivity index (χ1) is 9.81. The molecule has 0 aromatic carbocycles. The molecule has 20 heavy (non-hydrogen) atoms. The van der Waals surface area contributed by atoms with Gasteiger partial charge in [-0.2, -0.15) is 38.5 Å². The summed E-state index contributed by atoms with van der Waals surface area (Å²) >= 11 is 4.04. The van der Waals surface area contributed by atoms with Crippen LogP contribution < -0.4 is 16.0 Å². The highest BCUT2D eigenvalue weighted by molar-refractivity contribution is 8.06. The van der Waals surface area contributed by atoms with Gasteiger partial charge in [0.15, 0.2) is 0 Å².